The number of anilines is 2. The standard InChI is InChI=1S/C17H17N3S/c1-2-6-14-12(5-1)9-10-13(19-14)11-18-17-20-15-7-3-4-8-16(15)21-17/h1-8,13,19H,9-11H2,(H,18,20). The molecule has 3 nitrogen and oxygen atoms in total. The van der Waals surface area contributed by atoms with Crippen LogP contribution in [-0.4, -0.2) is 17.6 Å². The van der Waals surface area contributed by atoms with Gasteiger partial charge in [0, 0.05) is 18.3 Å². The second-order valence-electron chi connectivity index (χ2n) is 5.40. The van der Waals surface area contributed by atoms with Crippen LogP contribution in [0.25, 0.3) is 10.2 Å². The fourth-order valence-electron chi connectivity index (χ4n) is 2.81. The van der Waals surface area contributed by atoms with Gasteiger partial charge < -0.3 is 10.6 Å². The molecule has 1 atom stereocenters. The lowest BCUT2D eigenvalue weighted by atomic mass is 9.98. The Kier molecular flexibility index (Phi) is 3.24. The summed E-state index contributed by atoms with van der Waals surface area (Å²) < 4.78 is 1.24. The molecule has 0 radical (unpaired) electrons. The molecule has 2 heterocycles. The number of hydrogen-bond acceptors (Lipinski definition) is 4. The number of benzene rings is 2. The molecule has 2 aromatic carbocycles. The molecule has 0 amide bonds. The van der Waals surface area contributed by atoms with Crippen LogP contribution >= 0.6 is 11.3 Å². The molecule has 4 rings (SSSR count). The number of nitrogens with one attached hydrogen (secondary N) is 2. The van der Waals surface area contributed by atoms with Gasteiger partial charge in [0.1, 0.15) is 0 Å². The van der Waals surface area contributed by atoms with Crippen LogP contribution in [-0.2, 0) is 6.42 Å². The van der Waals surface area contributed by atoms with E-state index in [4.69, 9.17) is 0 Å². The highest BCUT2D eigenvalue weighted by molar-refractivity contribution is 7.22. The van der Waals surface area contributed by atoms with Gasteiger partial charge in [-0.15, -0.1) is 0 Å². The maximum atomic E-state index is 4.62. The maximum absolute atomic E-state index is 4.62. The molecule has 1 aromatic heterocycles. The van der Waals surface area contributed by atoms with Gasteiger partial charge in [-0.1, -0.05) is 41.7 Å². The Morgan fingerprint density at radius 1 is 1.14 bits per heavy atom. The minimum Gasteiger partial charge on any atom is -0.380 e. The number of hydrogen-bond donors (Lipinski definition) is 2. The summed E-state index contributed by atoms with van der Waals surface area (Å²) in [5, 5.41) is 8.11. The Balaban J connectivity index is 1.43. The summed E-state index contributed by atoms with van der Waals surface area (Å²) in [6, 6.07) is 17.3. The summed E-state index contributed by atoms with van der Waals surface area (Å²) in [5.74, 6) is 0. The molecule has 4 heteroatoms. The van der Waals surface area contributed by atoms with Gasteiger partial charge in [0.25, 0.3) is 0 Å². The molecule has 0 fully saturated rings. The van der Waals surface area contributed by atoms with Gasteiger partial charge in [0.15, 0.2) is 5.13 Å². The molecule has 0 aliphatic carbocycles. The predicted molar refractivity (Wildman–Crippen MR) is 90.3 cm³/mol. The van der Waals surface area contributed by atoms with Gasteiger partial charge >= 0.3 is 0 Å². The van der Waals surface area contributed by atoms with Crippen LogP contribution in [0.15, 0.2) is 48.5 Å². The lowest BCUT2D eigenvalue weighted by Crippen LogP contribution is -2.32. The molecule has 0 saturated heterocycles. The summed E-state index contributed by atoms with van der Waals surface area (Å²) in [4.78, 5) is 4.62. The molecule has 21 heavy (non-hydrogen) atoms. The van der Waals surface area contributed by atoms with Crippen molar-refractivity contribution in [3.05, 3.63) is 54.1 Å². The van der Waals surface area contributed by atoms with Gasteiger partial charge in [-0.05, 0) is 36.6 Å². The summed E-state index contributed by atoms with van der Waals surface area (Å²) in [6.07, 6.45) is 2.31. The normalized spacial score (nSPS) is 17.2. The van der Waals surface area contributed by atoms with Gasteiger partial charge in [0.05, 0.1) is 10.2 Å². The first-order valence-corrected chi connectivity index (χ1v) is 8.14. The highest BCUT2D eigenvalue weighted by atomic mass is 32.1. The topological polar surface area (TPSA) is 37.0 Å². The lowest BCUT2D eigenvalue weighted by Gasteiger charge is -2.27. The Bertz CT molecular complexity index is 732. The fourth-order valence-corrected chi connectivity index (χ4v) is 3.69. The monoisotopic (exact) mass is 295 g/mol. The highest BCUT2D eigenvalue weighted by Gasteiger charge is 2.17. The summed E-state index contributed by atoms with van der Waals surface area (Å²) in [6.45, 7) is 0.911. The van der Waals surface area contributed by atoms with Crippen LogP contribution in [0, 0.1) is 0 Å². The summed E-state index contributed by atoms with van der Waals surface area (Å²) in [5.41, 5.74) is 3.78. The molecule has 1 unspecified atom stereocenters. The number of aryl methyl sites for hydroxylation is 1. The van der Waals surface area contributed by atoms with E-state index in [1.165, 1.54) is 16.0 Å². The van der Waals surface area contributed by atoms with Crippen molar-refractivity contribution >= 4 is 32.4 Å². The first kappa shape index (κ1) is 12.7. The number of rotatable bonds is 3. The third-order valence-electron chi connectivity index (χ3n) is 3.93. The minimum atomic E-state index is 0.465. The van der Waals surface area contributed by atoms with Crippen molar-refractivity contribution in [2.24, 2.45) is 0 Å². The van der Waals surface area contributed by atoms with E-state index in [9.17, 15) is 0 Å². The van der Waals surface area contributed by atoms with E-state index in [1.54, 1.807) is 11.3 Å². The average molecular weight is 295 g/mol. The largest absolute Gasteiger partial charge is 0.380 e. The zero-order chi connectivity index (χ0) is 14.1. The van der Waals surface area contributed by atoms with Gasteiger partial charge in [-0.25, -0.2) is 4.98 Å². The van der Waals surface area contributed by atoms with E-state index in [0.717, 1.165) is 30.0 Å². The molecule has 3 aromatic rings. The van der Waals surface area contributed by atoms with Crippen molar-refractivity contribution in [3.63, 3.8) is 0 Å². The van der Waals surface area contributed by atoms with Crippen LogP contribution < -0.4 is 10.6 Å². The molecule has 0 spiro atoms. The summed E-state index contributed by atoms with van der Waals surface area (Å²) in [7, 11) is 0. The molecule has 0 saturated carbocycles. The molecule has 2 N–H and O–H groups in total. The second-order valence-corrected chi connectivity index (χ2v) is 6.44. The molecule has 1 aliphatic heterocycles. The minimum absolute atomic E-state index is 0.465. The van der Waals surface area contributed by atoms with Crippen LogP contribution in [0.4, 0.5) is 10.8 Å². The zero-order valence-corrected chi connectivity index (χ0v) is 12.5. The first-order chi connectivity index (χ1) is 10.4. The molecular weight excluding hydrogens is 278 g/mol. The van der Waals surface area contributed by atoms with E-state index >= 15 is 0 Å². The zero-order valence-electron chi connectivity index (χ0n) is 11.7. The number of fused-ring (bicyclic) bond motifs is 2. The van der Waals surface area contributed by atoms with E-state index in [1.807, 2.05) is 6.07 Å². The number of para-hydroxylation sites is 2. The Morgan fingerprint density at radius 3 is 2.95 bits per heavy atom. The number of nitrogens with zero attached hydrogens (tertiary/aromatic N) is 1. The summed E-state index contributed by atoms with van der Waals surface area (Å²) >= 11 is 1.72. The average Bonchev–Trinajstić information content (AvgIpc) is 2.95. The van der Waals surface area contributed by atoms with Gasteiger partial charge in [-0.2, -0.15) is 0 Å². The third-order valence-corrected chi connectivity index (χ3v) is 4.93. The van der Waals surface area contributed by atoms with Crippen molar-refractivity contribution in [3.8, 4) is 0 Å². The van der Waals surface area contributed by atoms with Crippen molar-refractivity contribution < 1.29 is 0 Å². The SMILES string of the molecule is c1ccc2c(c1)CCC(CNc1nc3ccccc3s1)N2. The second kappa shape index (κ2) is 5.37. The van der Waals surface area contributed by atoms with Crippen LogP contribution in [0.1, 0.15) is 12.0 Å². The van der Waals surface area contributed by atoms with E-state index in [2.05, 4.69) is 58.1 Å². The quantitative estimate of drug-likeness (QED) is 0.762. The molecule has 1 aliphatic rings. The van der Waals surface area contributed by atoms with Crippen LogP contribution in [0.2, 0.25) is 0 Å². The Labute approximate surface area is 128 Å². The first-order valence-electron chi connectivity index (χ1n) is 7.32. The Morgan fingerprint density at radius 2 is 2.00 bits per heavy atom. The molecule has 106 valence electrons. The highest BCUT2D eigenvalue weighted by Crippen LogP contribution is 2.27. The predicted octanol–water partition coefficient (Wildman–Crippen LogP) is 4.14. The van der Waals surface area contributed by atoms with Gasteiger partial charge in [-0.3, -0.25) is 0 Å². The number of thiazole rings is 1. The molecule has 0 bridgehead atoms. The Hall–Kier alpha value is -2.07. The van der Waals surface area contributed by atoms with Crippen molar-refractivity contribution in [2.45, 2.75) is 18.9 Å². The van der Waals surface area contributed by atoms with Crippen LogP contribution in [0.3, 0.4) is 0 Å². The van der Waals surface area contributed by atoms with Crippen LogP contribution in [0.5, 0.6) is 0 Å². The van der Waals surface area contributed by atoms with Crippen molar-refractivity contribution in [2.75, 3.05) is 17.2 Å². The van der Waals surface area contributed by atoms with E-state index < -0.39 is 0 Å². The molecular formula is C17H17N3S. The smallest absolute Gasteiger partial charge is 0.183 e. The lowest BCUT2D eigenvalue weighted by molar-refractivity contribution is 0.654. The number of aromatic nitrogens is 1. The van der Waals surface area contributed by atoms with Gasteiger partial charge in [0.2, 0.25) is 0 Å². The maximum Gasteiger partial charge on any atom is 0.183 e. The van der Waals surface area contributed by atoms with Crippen molar-refractivity contribution in [1.82, 2.24) is 4.98 Å². The van der Waals surface area contributed by atoms with E-state index in [0.29, 0.717) is 6.04 Å². The van der Waals surface area contributed by atoms with Crippen molar-refractivity contribution in [1.29, 1.82) is 0 Å². The third kappa shape index (κ3) is 2.59. The fraction of sp³-hybridized carbons (Fsp3) is 0.235. The van der Waals surface area contributed by atoms with E-state index in [-0.39, 0.29) is 0 Å².